The summed E-state index contributed by atoms with van der Waals surface area (Å²) in [4.78, 5) is 14.6. The zero-order chi connectivity index (χ0) is 15.2. The minimum Gasteiger partial charge on any atom is -0.369 e. The monoisotopic (exact) mass is 313 g/mol. The normalized spacial score (nSPS) is 22.4. The summed E-state index contributed by atoms with van der Waals surface area (Å²) in [6, 6.07) is 2.09. The maximum absolute atomic E-state index is 6.38. The van der Waals surface area contributed by atoms with Gasteiger partial charge in [-0.05, 0) is 25.8 Å². The second-order valence-corrected chi connectivity index (χ2v) is 7.17. The van der Waals surface area contributed by atoms with Crippen molar-refractivity contribution in [1.29, 1.82) is 0 Å². The van der Waals surface area contributed by atoms with E-state index in [2.05, 4.69) is 32.8 Å². The molecule has 1 atom stereocenters. The minimum atomic E-state index is -0.133. The summed E-state index contributed by atoms with van der Waals surface area (Å²) in [5.74, 6) is 0. The molecule has 0 bridgehead atoms. The summed E-state index contributed by atoms with van der Waals surface area (Å²) in [7, 11) is 0. The van der Waals surface area contributed by atoms with Crippen LogP contribution in [0.2, 0.25) is 0 Å². The number of H-pyrrole nitrogens is 1. The van der Waals surface area contributed by atoms with Gasteiger partial charge in [-0.15, -0.1) is 11.3 Å². The van der Waals surface area contributed by atoms with Crippen LogP contribution in [0, 0.1) is 0 Å². The van der Waals surface area contributed by atoms with E-state index in [9.17, 15) is 0 Å². The van der Waals surface area contributed by atoms with Crippen LogP contribution in [0.5, 0.6) is 0 Å². The zero-order valence-electron chi connectivity index (χ0n) is 12.5. The first-order valence-electron chi connectivity index (χ1n) is 7.54. The first kappa shape index (κ1) is 13.7. The predicted molar refractivity (Wildman–Crippen MR) is 91.2 cm³/mol. The number of piperidine rings is 1. The fourth-order valence-corrected chi connectivity index (χ4v) is 3.96. The second kappa shape index (κ2) is 5.07. The molecule has 0 aliphatic carbocycles. The molecule has 3 aromatic heterocycles. The van der Waals surface area contributed by atoms with Crippen molar-refractivity contribution in [2.24, 2.45) is 5.73 Å². The fourth-order valence-electron chi connectivity index (χ4n) is 3.30. The van der Waals surface area contributed by atoms with E-state index >= 15 is 0 Å². The average Bonchev–Trinajstić information content (AvgIpc) is 3.14. The standard InChI is InChI=1S/C16H19N5S/c1-16(17)4-2-7-21(10-16)12-3-5-18-14-13(12)11(9-20-14)15-19-6-8-22-15/h3,5-6,8-9H,2,4,7,10,17H2,1H3,(H,18,20). The molecule has 0 spiro atoms. The van der Waals surface area contributed by atoms with E-state index in [-0.39, 0.29) is 5.54 Å². The average molecular weight is 313 g/mol. The van der Waals surface area contributed by atoms with Crippen molar-refractivity contribution in [2.45, 2.75) is 25.3 Å². The molecule has 1 saturated heterocycles. The number of thiazole rings is 1. The Morgan fingerprint density at radius 1 is 1.36 bits per heavy atom. The van der Waals surface area contributed by atoms with Gasteiger partial charge in [0.15, 0.2) is 0 Å². The summed E-state index contributed by atoms with van der Waals surface area (Å²) in [5.41, 5.74) is 9.48. The molecule has 1 aliphatic heterocycles. The minimum absolute atomic E-state index is 0.133. The molecule has 22 heavy (non-hydrogen) atoms. The highest BCUT2D eigenvalue weighted by Gasteiger charge is 2.28. The van der Waals surface area contributed by atoms with Crippen LogP contribution in [0.1, 0.15) is 19.8 Å². The van der Waals surface area contributed by atoms with Crippen molar-refractivity contribution in [3.05, 3.63) is 30.0 Å². The number of nitrogens with zero attached hydrogens (tertiary/aromatic N) is 3. The Kier molecular flexibility index (Phi) is 3.16. The lowest BCUT2D eigenvalue weighted by molar-refractivity contribution is 0.375. The maximum Gasteiger partial charge on any atom is 0.140 e. The van der Waals surface area contributed by atoms with Gasteiger partial charge >= 0.3 is 0 Å². The van der Waals surface area contributed by atoms with Crippen molar-refractivity contribution >= 4 is 28.1 Å². The highest BCUT2D eigenvalue weighted by Crippen LogP contribution is 2.37. The van der Waals surface area contributed by atoms with Crippen molar-refractivity contribution in [1.82, 2.24) is 15.0 Å². The van der Waals surface area contributed by atoms with Crippen LogP contribution in [0.15, 0.2) is 30.0 Å². The molecule has 114 valence electrons. The third-order valence-corrected chi connectivity index (χ3v) is 5.09. The lowest BCUT2D eigenvalue weighted by atomic mass is 9.92. The molecule has 1 unspecified atom stereocenters. The zero-order valence-corrected chi connectivity index (χ0v) is 13.4. The molecule has 0 aromatic carbocycles. The topological polar surface area (TPSA) is 70.8 Å². The van der Waals surface area contributed by atoms with E-state index in [4.69, 9.17) is 5.73 Å². The molecule has 5 nitrogen and oxygen atoms in total. The third-order valence-electron chi connectivity index (χ3n) is 4.28. The summed E-state index contributed by atoms with van der Waals surface area (Å²) in [6.45, 7) is 4.04. The van der Waals surface area contributed by atoms with Crippen molar-refractivity contribution in [3.8, 4) is 10.6 Å². The fraction of sp³-hybridized carbons (Fsp3) is 0.375. The highest BCUT2D eigenvalue weighted by molar-refractivity contribution is 7.13. The van der Waals surface area contributed by atoms with Gasteiger partial charge in [-0.2, -0.15) is 0 Å². The van der Waals surface area contributed by atoms with Crippen molar-refractivity contribution in [3.63, 3.8) is 0 Å². The van der Waals surface area contributed by atoms with Crippen LogP contribution in [0.4, 0.5) is 5.69 Å². The lowest BCUT2D eigenvalue weighted by Crippen LogP contribution is -2.52. The molecule has 1 aliphatic rings. The summed E-state index contributed by atoms with van der Waals surface area (Å²) < 4.78 is 0. The first-order chi connectivity index (χ1) is 10.6. The molecule has 4 rings (SSSR count). The molecule has 3 aromatic rings. The quantitative estimate of drug-likeness (QED) is 0.763. The van der Waals surface area contributed by atoms with E-state index in [0.717, 1.165) is 47.5 Å². The van der Waals surface area contributed by atoms with Crippen molar-refractivity contribution < 1.29 is 0 Å². The lowest BCUT2D eigenvalue weighted by Gasteiger charge is -2.39. The number of pyridine rings is 1. The molecule has 3 N–H and O–H groups in total. The number of aromatic amines is 1. The number of nitrogens with two attached hydrogens (primary N) is 1. The Morgan fingerprint density at radius 2 is 2.27 bits per heavy atom. The number of hydrogen-bond acceptors (Lipinski definition) is 5. The van der Waals surface area contributed by atoms with Gasteiger partial charge in [0, 0.05) is 48.2 Å². The predicted octanol–water partition coefficient (Wildman–Crippen LogP) is 3.00. The van der Waals surface area contributed by atoms with Crippen molar-refractivity contribution in [2.75, 3.05) is 18.0 Å². The molecular formula is C16H19N5S. The van der Waals surface area contributed by atoms with Gasteiger partial charge in [-0.3, -0.25) is 0 Å². The molecule has 0 saturated carbocycles. The number of rotatable bonds is 2. The number of nitrogens with one attached hydrogen (secondary N) is 1. The summed E-state index contributed by atoms with van der Waals surface area (Å²) >= 11 is 1.65. The molecule has 0 radical (unpaired) electrons. The van der Waals surface area contributed by atoms with E-state index in [1.54, 1.807) is 11.3 Å². The number of aromatic nitrogens is 3. The Bertz CT molecular complexity index is 790. The van der Waals surface area contributed by atoms with E-state index < -0.39 is 0 Å². The van der Waals surface area contributed by atoms with Crippen LogP contribution < -0.4 is 10.6 Å². The largest absolute Gasteiger partial charge is 0.369 e. The van der Waals surface area contributed by atoms with Crippen LogP contribution in [-0.4, -0.2) is 33.6 Å². The van der Waals surface area contributed by atoms with Crippen LogP contribution >= 0.6 is 11.3 Å². The smallest absolute Gasteiger partial charge is 0.140 e. The van der Waals surface area contributed by atoms with E-state index in [1.807, 2.05) is 24.0 Å². The van der Waals surface area contributed by atoms with Gasteiger partial charge in [0.05, 0.1) is 11.1 Å². The van der Waals surface area contributed by atoms with Crippen LogP contribution in [0.25, 0.3) is 21.6 Å². The van der Waals surface area contributed by atoms with Gasteiger partial charge in [0.25, 0.3) is 0 Å². The Labute approximate surface area is 133 Å². The van der Waals surface area contributed by atoms with Crippen LogP contribution in [0.3, 0.4) is 0 Å². The SMILES string of the molecule is CC1(N)CCCN(c2ccnc3[nH]cc(-c4nccs4)c23)C1. The molecule has 6 heteroatoms. The molecule has 4 heterocycles. The second-order valence-electron chi connectivity index (χ2n) is 6.27. The Morgan fingerprint density at radius 3 is 3.05 bits per heavy atom. The molecule has 0 amide bonds. The molecule has 1 fully saturated rings. The Hall–Kier alpha value is -1.92. The Balaban J connectivity index is 1.85. The maximum atomic E-state index is 6.38. The van der Waals surface area contributed by atoms with E-state index in [0.29, 0.717) is 0 Å². The third kappa shape index (κ3) is 2.28. The highest BCUT2D eigenvalue weighted by atomic mass is 32.1. The van der Waals surface area contributed by atoms with Gasteiger partial charge in [0.2, 0.25) is 0 Å². The summed E-state index contributed by atoms with van der Waals surface area (Å²) in [5, 5.41) is 4.17. The number of fused-ring (bicyclic) bond motifs is 1. The van der Waals surface area contributed by atoms with Gasteiger partial charge in [-0.25, -0.2) is 9.97 Å². The van der Waals surface area contributed by atoms with Crippen LogP contribution in [-0.2, 0) is 0 Å². The number of anilines is 1. The summed E-state index contributed by atoms with van der Waals surface area (Å²) in [6.07, 6.45) is 7.90. The van der Waals surface area contributed by atoms with E-state index in [1.165, 1.54) is 5.69 Å². The number of hydrogen-bond donors (Lipinski definition) is 2. The van der Waals surface area contributed by atoms with Gasteiger partial charge in [-0.1, -0.05) is 0 Å². The molecular weight excluding hydrogens is 294 g/mol. The van der Waals surface area contributed by atoms with Gasteiger partial charge < -0.3 is 15.6 Å². The first-order valence-corrected chi connectivity index (χ1v) is 8.42. The van der Waals surface area contributed by atoms with Gasteiger partial charge in [0.1, 0.15) is 10.7 Å².